The molecule has 0 aromatic carbocycles. The SMILES string of the molecule is Cc1csc(CN)c1S(=O)(=O)N(CC(F)(F)F)C1CC1. The van der Waals surface area contributed by atoms with Gasteiger partial charge in [-0.05, 0) is 30.7 Å². The van der Waals surface area contributed by atoms with Crippen LogP contribution in [0.5, 0.6) is 0 Å². The Bertz CT molecular complexity index is 591. The molecule has 1 fully saturated rings. The average molecular weight is 328 g/mol. The first-order valence-electron chi connectivity index (χ1n) is 6.02. The summed E-state index contributed by atoms with van der Waals surface area (Å²) < 4.78 is 63.5. The molecule has 0 radical (unpaired) electrons. The van der Waals surface area contributed by atoms with Gasteiger partial charge in [-0.15, -0.1) is 11.3 Å². The highest BCUT2D eigenvalue weighted by molar-refractivity contribution is 7.89. The predicted molar refractivity (Wildman–Crippen MR) is 69.9 cm³/mol. The van der Waals surface area contributed by atoms with Crippen LogP contribution in [0.15, 0.2) is 10.3 Å². The van der Waals surface area contributed by atoms with Crippen molar-refractivity contribution in [2.75, 3.05) is 6.54 Å². The lowest BCUT2D eigenvalue weighted by molar-refractivity contribution is -0.137. The lowest BCUT2D eigenvalue weighted by Gasteiger charge is -2.23. The van der Waals surface area contributed by atoms with E-state index in [4.69, 9.17) is 5.73 Å². The predicted octanol–water partition coefficient (Wildman–Crippen LogP) is 2.23. The van der Waals surface area contributed by atoms with Gasteiger partial charge in [0.15, 0.2) is 0 Å². The molecule has 0 bridgehead atoms. The van der Waals surface area contributed by atoms with E-state index in [9.17, 15) is 21.6 Å². The topological polar surface area (TPSA) is 63.4 Å². The third kappa shape index (κ3) is 3.16. The fraction of sp³-hybridized carbons (Fsp3) is 0.636. The fourth-order valence-corrected chi connectivity index (χ4v) is 5.37. The zero-order chi connectivity index (χ0) is 15.1. The van der Waals surface area contributed by atoms with E-state index >= 15 is 0 Å². The summed E-state index contributed by atoms with van der Waals surface area (Å²) in [4.78, 5) is 0.344. The minimum atomic E-state index is -4.55. The summed E-state index contributed by atoms with van der Waals surface area (Å²) >= 11 is 1.16. The van der Waals surface area contributed by atoms with Gasteiger partial charge in [0.2, 0.25) is 10.0 Å². The van der Waals surface area contributed by atoms with Gasteiger partial charge < -0.3 is 5.73 Å². The van der Waals surface area contributed by atoms with Gasteiger partial charge in [0, 0.05) is 17.5 Å². The van der Waals surface area contributed by atoms with E-state index in [0.717, 1.165) is 11.3 Å². The van der Waals surface area contributed by atoms with Crippen LogP contribution >= 0.6 is 11.3 Å². The van der Waals surface area contributed by atoms with Crippen molar-refractivity contribution in [3.05, 3.63) is 15.8 Å². The number of halogens is 3. The van der Waals surface area contributed by atoms with Gasteiger partial charge in [0.05, 0.1) is 0 Å². The zero-order valence-electron chi connectivity index (χ0n) is 10.8. The molecule has 1 saturated carbocycles. The number of thiophene rings is 1. The summed E-state index contributed by atoms with van der Waals surface area (Å²) in [7, 11) is -4.16. The highest BCUT2D eigenvalue weighted by atomic mass is 32.2. The standard InChI is InChI=1S/C11H15F3N2O2S2/c1-7-5-19-9(4-15)10(7)20(17,18)16(8-2-3-8)6-11(12,13)14/h5,8H,2-4,6,15H2,1H3. The van der Waals surface area contributed by atoms with Crippen molar-refractivity contribution in [1.82, 2.24) is 4.31 Å². The van der Waals surface area contributed by atoms with Crippen molar-refractivity contribution in [2.24, 2.45) is 5.73 Å². The molecule has 4 nitrogen and oxygen atoms in total. The van der Waals surface area contributed by atoms with Crippen LogP contribution in [0.3, 0.4) is 0 Å². The van der Waals surface area contributed by atoms with Crippen LogP contribution in [0.1, 0.15) is 23.3 Å². The van der Waals surface area contributed by atoms with Crippen LogP contribution in [0.25, 0.3) is 0 Å². The van der Waals surface area contributed by atoms with E-state index in [0.29, 0.717) is 27.6 Å². The maximum Gasteiger partial charge on any atom is 0.402 e. The van der Waals surface area contributed by atoms with Crippen LogP contribution < -0.4 is 5.73 Å². The third-order valence-corrected chi connectivity index (χ3v) is 6.42. The van der Waals surface area contributed by atoms with Gasteiger partial charge in [-0.3, -0.25) is 0 Å². The van der Waals surface area contributed by atoms with Crippen molar-refractivity contribution in [3.63, 3.8) is 0 Å². The van der Waals surface area contributed by atoms with E-state index in [1.54, 1.807) is 12.3 Å². The van der Waals surface area contributed by atoms with Crippen molar-refractivity contribution in [1.29, 1.82) is 0 Å². The summed E-state index contributed by atoms with van der Waals surface area (Å²) in [6.45, 7) is 0.123. The minimum Gasteiger partial charge on any atom is -0.326 e. The Balaban J connectivity index is 2.43. The van der Waals surface area contributed by atoms with E-state index in [-0.39, 0.29) is 11.4 Å². The number of hydrogen-bond acceptors (Lipinski definition) is 4. The van der Waals surface area contributed by atoms with Crippen LogP contribution in [0, 0.1) is 6.92 Å². The smallest absolute Gasteiger partial charge is 0.326 e. The minimum absolute atomic E-state index is 0.00239. The fourth-order valence-electron chi connectivity index (χ4n) is 2.04. The lowest BCUT2D eigenvalue weighted by Crippen LogP contribution is -2.40. The molecule has 0 spiro atoms. The Labute approximate surface area is 119 Å². The molecule has 1 heterocycles. The summed E-state index contributed by atoms with van der Waals surface area (Å²) in [5.41, 5.74) is 5.93. The number of aryl methyl sites for hydroxylation is 1. The largest absolute Gasteiger partial charge is 0.402 e. The first-order valence-corrected chi connectivity index (χ1v) is 8.34. The molecule has 1 aromatic rings. The molecule has 20 heavy (non-hydrogen) atoms. The second-order valence-corrected chi connectivity index (χ2v) is 7.56. The van der Waals surface area contributed by atoms with E-state index in [1.807, 2.05) is 0 Å². The van der Waals surface area contributed by atoms with Crippen molar-refractivity contribution >= 4 is 21.4 Å². The second kappa shape index (κ2) is 5.28. The van der Waals surface area contributed by atoms with Gasteiger partial charge in [0.1, 0.15) is 11.4 Å². The Hall–Kier alpha value is -0.640. The second-order valence-electron chi connectivity index (χ2n) is 4.77. The summed E-state index contributed by atoms with van der Waals surface area (Å²) in [6, 6.07) is -0.549. The molecule has 0 amide bonds. The maximum atomic E-state index is 12.6. The number of nitrogens with two attached hydrogens (primary N) is 1. The van der Waals surface area contributed by atoms with Gasteiger partial charge in [-0.2, -0.15) is 17.5 Å². The molecule has 0 unspecified atom stereocenters. The normalized spacial score (nSPS) is 16.9. The Morgan fingerprint density at radius 1 is 1.45 bits per heavy atom. The first-order chi connectivity index (χ1) is 9.16. The molecular formula is C11H15F3N2O2S2. The van der Waals surface area contributed by atoms with Crippen LogP contribution in [0.2, 0.25) is 0 Å². The molecule has 1 aromatic heterocycles. The van der Waals surface area contributed by atoms with Crippen LogP contribution in [-0.4, -0.2) is 31.5 Å². The van der Waals surface area contributed by atoms with Gasteiger partial charge >= 0.3 is 6.18 Å². The van der Waals surface area contributed by atoms with Crippen LogP contribution in [0.4, 0.5) is 13.2 Å². The average Bonchev–Trinajstić information content (AvgIpc) is 3.07. The van der Waals surface area contributed by atoms with E-state index in [2.05, 4.69) is 0 Å². The molecule has 0 atom stereocenters. The molecule has 1 aliphatic carbocycles. The molecular weight excluding hydrogens is 313 g/mol. The van der Waals surface area contributed by atoms with Crippen molar-refractivity contribution in [3.8, 4) is 0 Å². The van der Waals surface area contributed by atoms with Gasteiger partial charge in [-0.1, -0.05) is 0 Å². The molecule has 2 N–H and O–H groups in total. The summed E-state index contributed by atoms with van der Waals surface area (Å²) in [5, 5.41) is 1.60. The number of hydrogen-bond donors (Lipinski definition) is 1. The number of rotatable bonds is 5. The van der Waals surface area contributed by atoms with Crippen LogP contribution in [-0.2, 0) is 16.6 Å². The van der Waals surface area contributed by atoms with Crippen molar-refractivity contribution < 1.29 is 21.6 Å². The van der Waals surface area contributed by atoms with E-state index < -0.39 is 28.8 Å². The number of alkyl halides is 3. The zero-order valence-corrected chi connectivity index (χ0v) is 12.4. The quantitative estimate of drug-likeness (QED) is 0.901. The monoisotopic (exact) mass is 328 g/mol. The molecule has 1 aliphatic rings. The number of nitrogens with zero attached hydrogens (tertiary/aromatic N) is 1. The maximum absolute atomic E-state index is 12.6. The molecule has 0 saturated heterocycles. The Kier molecular flexibility index (Phi) is 4.16. The molecule has 114 valence electrons. The summed E-state index contributed by atoms with van der Waals surface area (Å²) in [6.07, 6.45) is -3.62. The Morgan fingerprint density at radius 2 is 2.05 bits per heavy atom. The highest BCUT2D eigenvalue weighted by Gasteiger charge is 2.45. The number of sulfonamides is 1. The van der Waals surface area contributed by atoms with Gasteiger partial charge in [0.25, 0.3) is 0 Å². The van der Waals surface area contributed by atoms with Gasteiger partial charge in [-0.25, -0.2) is 8.42 Å². The summed E-state index contributed by atoms with van der Waals surface area (Å²) in [5.74, 6) is 0. The molecule has 0 aliphatic heterocycles. The molecule has 2 rings (SSSR count). The third-order valence-electron chi connectivity index (χ3n) is 3.03. The highest BCUT2D eigenvalue weighted by Crippen LogP contribution is 2.37. The molecule has 9 heteroatoms. The lowest BCUT2D eigenvalue weighted by atomic mass is 10.3. The van der Waals surface area contributed by atoms with E-state index in [1.165, 1.54) is 0 Å². The first kappa shape index (κ1) is 15.7. The Morgan fingerprint density at radius 3 is 2.50 bits per heavy atom. The van der Waals surface area contributed by atoms with Crippen molar-refractivity contribution in [2.45, 2.75) is 43.4 Å².